The Balaban J connectivity index is 1.79. The Hall–Kier alpha value is -3.14. The van der Waals surface area contributed by atoms with E-state index in [1.807, 2.05) is 18.4 Å². The molecule has 3 aromatic rings. The summed E-state index contributed by atoms with van der Waals surface area (Å²) in [5.41, 5.74) is 4.49. The van der Waals surface area contributed by atoms with Crippen molar-refractivity contribution in [1.29, 1.82) is 0 Å². The molecule has 5 N–H and O–H groups in total. The summed E-state index contributed by atoms with van der Waals surface area (Å²) in [5, 5.41) is 5.20. The van der Waals surface area contributed by atoms with Crippen molar-refractivity contribution >= 4 is 23.3 Å². The van der Waals surface area contributed by atoms with E-state index in [1.165, 1.54) is 16.8 Å². The number of aryl methyl sites for hydroxylation is 1. The maximum atomic E-state index is 13.6. The summed E-state index contributed by atoms with van der Waals surface area (Å²) >= 11 is 5.70. The average Bonchev–Trinajstić information content (AvgIpc) is 3.16. The number of nitrogens with zero attached hydrogens (tertiary/aromatic N) is 3. The Bertz CT molecular complexity index is 1010. The van der Waals surface area contributed by atoms with E-state index in [-0.39, 0.29) is 11.6 Å². The highest BCUT2D eigenvalue weighted by Gasteiger charge is 2.16. The Kier molecular flexibility index (Phi) is 5.78. The van der Waals surface area contributed by atoms with Gasteiger partial charge in [-0.05, 0) is 30.7 Å². The number of hydrogen-bond acceptors (Lipinski definition) is 5. The van der Waals surface area contributed by atoms with Gasteiger partial charge in [-0.2, -0.15) is 0 Å². The van der Waals surface area contributed by atoms with Gasteiger partial charge in [-0.1, -0.05) is 23.7 Å². The summed E-state index contributed by atoms with van der Waals surface area (Å²) in [5.74, 6) is 10.7. The number of carbonyl (C=O) groups is 1. The molecule has 0 fully saturated rings. The summed E-state index contributed by atoms with van der Waals surface area (Å²) in [6, 6.07) is 10.6. The van der Waals surface area contributed by atoms with Crippen LogP contribution in [0.15, 0.2) is 48.7 Å². The predicted octanol–water partition coefficient (Wildman–Crippen LogP) is 2.82. The number of hydrogen-bond donors (Lipinski definition) is 3. The van der Waals surface area contributed by atoms with Crippen LogP contribution in [0.1, 0.15) is 11.1 Å². The number of hydrazine groups is 2. The Morgan fingerprint density at radius 2 is 2.14 bits per heavy atom. The van der Waals surface area contributed by atoms with Gasteiger partial charge in [0.05, 0.1) is 16.4 Å². The van der Waals surface area contributed by atoms with Crippen LogP contribution in [-0.4, -0.2) is 15.8 Å². The van der Waals surface area contributed by atoms with Crippen LogP contribution in [0.4, 0.5) is 14.9 Å². The maximum absolute atomic E-state index is 13.6. The lowest BCUT2D eigenvalue weighted by Gasteiger charge is -2.20. The second kappa shape index (κ2) is 8.26. The third kappa shape index (κ3) is 4.06. The van der Waals surface area contributed by atoms with Gasteiger partial charge in [-0.15, -0.1) is 5.10 Å². The first-order valence-electron chi connectivity index (χ1n) is 8.18. The number of amides is 2. The zero-order valence-electron chi connectivity index (χ0n) is 14.9. The monoisotopic (exact) mass is 404 g/mol. The standard InChI is InChI=1S/C18H18ClFN6O2/c1-11-3-2-4-16(26(22)18(27)23-21)13(11)10-28-17-7-8-25(24-17)12-5-6-14(19)15(20)9-12/h2-9H,10,21-22H2,1H3,(H,23,27). The summed E-state index contributed by atoms with van der Waals surface area (Å²) in [6.45, 7) is 1.98. The number of aromatic nitrogens is 2. The second-order valence-electron chi connectivity index (χ2n) is 5.88. The van der Waals surface area contributed by atoms with Crippen molar-refractivity contribution in [3.63, 3.8) is 0 Å². The summed E-state index contributed by atoms with van der Waals surface area (Å²) in [4.78, 5) is 11.7. The van der Waals surface area contributed by atoms with Crippen molar-refractivity contribution in [1.82, 2.24) is 15.2 Å². The maximum Gasteiger partial charge on any atom is 0.350 e. The number of halogens is 2. The van der Waals surface area contributed by atoms with E-state index < -0.39 is 11.8 Å². The Labute approximate surface area is 165 Å². The van der Waals surface area contributed by atoms with Crippen molar-refractivity contribution in [3.8, 4) is 11.6 Å². The molecule has 0 bridgehead atoms. The van der Waals surface area contributed by atoms with Crippen molar-refractivity contribution < 1.29 is 13.9 Å². The minimum Gasteiger partial charge on any atom is -0.472 e. The largest absolute Gasteiger partial charge is 0.472 e. The van der Waals surface area contributed by atoms with Crippen LogP contribution in [0.25, 0.3) is 5.69 Å². The Morgan fingerprint density at radius 3 is 2.86 bits per heavy atom. The average molecular weight is 405 g/mol. The molecule has 8 nitrogen and oxygen atoms in total. The molecule has 146 valence electrons. The van der Waals surface area contributed by atoms with E-state index in [0.717, 1.165) is 10.6 Å². The topological polar surface area (TPSA) is 111 Å². The van der Waals surface area contributed by atoms with E-state index >= 15 is 0 Å². The lowest BCUT2D eigenvalue weighted by atomic mass is 10.1. The molecule has 0 radical (unpaired) electrons. The van der Waals surface area contributed by atoms with Gasteiger partial charge in [-0.25, -0.2) is 30.6 Å². The van der Waals surface area contributed by atoms with Gasteiger partial charge in [0, 0.05) is 23.9 Å². The third-order valence-corrected chi connectivity index (χ3v) is 4.39. The number of ether oxygens (including phenoxy) is 1. The lowest BCUT2D eigenvalue weighted by molar-refractivity contribution is 0.246. The second-order valence-corrected chi connectivity index (χ2v) is 6.28. The fourth-order valence-electron chi connectivity index (χ4n) is 2.58. The molecule has 0 saturated carbocycles. The molecule has 28 heavy (non-hydrogen) atoms. The molecule has 0 aliphatic rings. The van der Waals surface area contributed by atoms with Crippen molar-refractivity contribution in [2.45, 2.75) is 13.5 Å². The first-order chi connectivity index (χ1) is 13.4. The van der Waals surface area contributed by atoms with Crippen molar-refractivity contribution in [2.24, 2.45) is 11.7 Å². The van der Waals surface area contributed by atoms with Gasteiger partial charge in [-0.3, -0.25) is 5.43 Å². The first-order valence-corrected chi connectivity index (χ1v) is 8.56. The molecule has 1 heterocycles. The van der Waals surface area contributed by atoms with E-state index in [1.54, 1.807) is 30.5 Å². The SMILES string of the molecule is Cc1cccc(N(N)C(=O)NN)c1COc1ccn(-c2ccc(Cl)c(F)c2)n1. The van der Waals surface area contributed by atoms with Crippen LogP contribution in [0, 0.1) is 12.7 Å². The van der Waals surface area contributed by atoms with Crippen LogP contribution >= 0.6 is 11.6 Å². The van der Waals surface area contributed by atoms with Crippen LogP contribution < -0.4 is 26.9 Å². The number of rotatable bonds is 5. The van der Waals surface area contributed by atoms with Gasteiger partial charge in [0.2, 0.25) is 5.88 Å². The van der Waals surface area contributed by atoms with Crippen LogP contribution in [-0.2, 0) is 6.61 Å². The van der Waals surface area contributed by atoms with Gasteiger partial charge in [0.15, 0.2) is 0 Å². The highest BCUT2D eigenvalue weighted by molar-refractivity contribution is 6.30. The van der Waals surface area contributed by atoms with E-state index in [0.29, 0.717) is 22.8 Å². The fourth-order valence-corrected chi connectivity index (χ4v) is 2.70. The molecule has 2 aromatic carbocycles. The van der Waals surface area contributed by atoms with Gasteiger partial charge < -0.3 is 4.74 Å². The van der Waals surface area contributed by atoms with Gasteiger partial charge in [0.1, 0.15) is 12.4 Å². The van der Waals surface area contributed by atoms with Crippen LogP contribution in [0.5, 0.6) is 5.88 Å². The fraction of sp³-hybridized carbons (Fsp3) is 0.111. The van der Waals surface area contributed by atoms with E-state index in [4.69, 9.17) is 28.0 Å². The number of urea groups is 1. The van der Waals surface area contributed by atoms with Gasteiger partial charge in [0.25, 0.3) is 0 Å². The molecular formula is C18H18ClFN6O2. The van der Waals surface area contributed by atoms with Crippen molar-refractivity contribution in [3.05, 3.63) is 70.6 Å². The summed E-state index contributed by atoms with van der Waals surface area (Å²) in [6.07, 6.45) is 1.63. The number of anilines is 1. The normalized spacial score (nSPS) is 10.6. The zero-order chi connectivity index (χ0) is 20.3. The molecule has 0 saturated heterocycles. The molecule has 0 unspecified atom stereocenters. The molecule has 10 heteroatoms. The summed E-state index contributed by atoms with van der Waals surface area (Å²) < 4.78 is 20.8. The highest BCUT2D eigenvalue weighted by atomic mass is 35.5. The number of benzene rings is 2. The predicted molar refractivity (Wildman–Crippen MR) is 103 cm³/mol. The highest BCUT2D eigenvalue weighted by Crippen LogP contribution is 2.24. The van der Waals surface area contributed by atoms with E-state index in [9.17, 15) is 9.18 Å². The quantitative estimate of drug-likeness (QED) is 0.344. The Morgan fingerprint density at radius 1 is 1.36 bits per heavy atom. The number of carbonyl (C=O) groups excluding carboxylic acids is 1. The molecule has 2 amide bonds. The molecule has 1 aromatic heterocycles. The number of nitrogens with one attached hydrogen (secondary N) is 1. The lowest BCUT2D eigenvalue weighted by Crippen LogP contribution is -2.48. The van der Waals surface area contributed by atoms with Crippen LogP contribution in [0.2, 0.25) is 5.02 Å². The minimum absolute atomic E-state index is 0.0346. The van der Waals surface area contributed by atoms with Crippen LogP contribution in [0.3, 0.4) is 0 Å². The molecule has 3 rings (SSSR count). The van der Waals surface area contributed by atoms with Gasteiger partial charge >= 0.3 is 6.03 Å². The smallest absolute Gasteiger partial charge is 0.350 e. The third-order valence-electron chi connectivity index (χ3n) is 4.08. The molecular weight excluding hydrogens is 387 g/mol. The molecule has 0 spiro atoms. The number of nitrogens with two attached hydrogens (primary N) is 2. The molecule has 0 atom stereocenters. The molecule has 0 aliphatic heterocycles. The first kappa shape index (κ1) is 19.6. The summed E-state index contributed by atoms with van der Waals surface area (Å²) in [7, 11) is 0. The zero-order valence-corrected chi connectivity index (χ0v) is 15.7. The minimum atomic E-state index is -0.666. The van der Waals surface area contributed by atoms with E-state index in [2.05, 4.69) is 5.10 Å². The molecule has 0 aliphatic carbocycles. The van der Waals surface area contributed by atoms with Crippen molar-refractivity contribution in [2.75, 3.05) is 5.01 Å².